The first-order valence-electron chi connectivity index (χ1n) is 10.7. The Morgan fingerprint density at radius 3 is 2.52 bits per heavy atom. The number of hydrogen-bond acceptors (Lipinski definition) is 3. The van der Waals surface area contributed by atoms with E-state index in [9.17, 15) is 14.4 Å². The van der Waals surface area contributed by atoms with E-state index >= 15 is 0 Å². The summed E-state index contributed by atoms with van der Waals surface area (Å²) in [6.45, 7) is 10.2. The highest BCUT2D eigenvalue weighted by Gasteiger charge is 2.42. The molecule has 0 unspecified atom stereocenters. The molecule has 0 aliphatic carbocycles. The largest absolute Gasteiger partial charge is 0.352 e. The average molecular weight is 494 g/mol. The standard InChI is InChI=1S/C23H29Cl2N5O3/c1-6-22(2,3)16-12-15(28-21(33)27-14-9-7-8-13(24)17(14)25)18(29-16)19(31)30-11-10-26-20(32)23(30,4)5/h7-9,12,29H,6,10-11H2,1-5H3,(H,26,32)(H2,27,28,33). The highest BCUT2D eigenvalue weighted by atomic mass is 35.5. The van der Waals surface area contributed by atoms with Crippen LogP contribution in [-0.4, -0.2) is 46.4 Å². The molecule has 1 aromatic heterocycles. The molecule has 4 amide bonds. The summed E-state index contributed by atoms with van der Waals surface area (Å²) in [6, 6.07) is 6.08. The van der Waals surface area contributed by atoms with Crippen molar-refractivity contribution in [2.75, 3.05) is 23.7 Å². The number of carbonyl (C=O) groups excluding carboxylic acids is 3. The summed E-state index contributed by atoms with van der Waals surface area (Å²) >= 11 is 12.2. The van der Waals surface area contributed by atoms with Crippen LogP contribution in [0.2, 0.25) is 10.0 Å². The summed E-state index contributed by atoms with van der Waals surface area (Å²) in [5.41, 5.74) is 0.359. The van der Waals surface area contributed by atoms with Crippen molar-refractivity contribution in [1.29, 1.82) is 0 Å². The van der Waals surface area contributed by atoms with Crippen LogP contribution in [0.25, 0.3) is 0 Å². The minimum Gasteiger partial charge on any atom is -0.352 e. The van der Waals surface area contributed by atoms with Crippen molar-refractivity contribution in [3.8, 4) is 0 Å². The first-order valence-corrected chi connectivity index (χ1v) is 11.5. The number of H-pyrrole nitrogens is 1. The third kappa shape index (κ3) is 4.96. The summed E-state index contributed by atoms with van der Waals surface area (Å²) in [5, 5.41) is 8.72. The van der Waals surface area contributed by atoms with Gasteiger partial charge in [-0.1, -0.05) is 50.0 Å². The molecule has 2 heterocycles. The van der Waals surface area contributed by atoms with Gasteiger partial charge in [0.25, 0.3) is 5.91 Å². The Labute approximate surface area is 203 Å². The number of anilines is 2. The Kier molecular flexibility index (Phi) is 7.00. The van der Waals surface area contributed by atoms with Crippen molar-refractivity contribution < 1.29 is 14.4 Å². The highest BCUT2D eigenvalue weighted by Crippen LogP contribution is 2.33. The number of carbonyl (C=O) groups is 3. The van der Waals surface area contributed by atoms with Gasteiger partial charge in [0.2, 0.25) is 5.91 Å². The Morgan fingerprint density at radius 2 is 1.85 bits per heavy atom. The van der Waals surface area contributed by atoms with Crippen molar-refractivity contribution in [3.05, 3.63) is 45.7 Å². The first-order chi connectivity index (χ1) is 15.4. The number of amides is 4. The fraction of sp³-hybridized carbons (Fsp3) is 0.435. The monoisotopic (exact) mass is 493 g/mol. The average Bonchev–Trinajstić information content (AvgIpc) is 3.17. The minimum absolute atomic E-state index is 0.210. The van der Waals surface area contributed by atoms with Crippen molar-refractivity contribution in [3.63, 3.8) is 0 Å². The Morgan fingerprint density at radius 1 is 1.18 bits per heavy atom. The van der Waals surface area contributed by atoms with E-state index in [-0.39, 0.29) is 27.9 Å². The molecule has 4 N–H and O–H groups in total. The van der Waals surface area contributed by atoms with Gasteiger partial charge in [-0.15, -0.1) is 0 Å². The zero-order valence-corrected chi connectivity index (χ0v) is 20.9. The lowest BCUT2D eigenvalue weighted by molar-refractivity contribution is -0.133. The van der Waals surface area contributed by atoms with E-state index in [1.165, 1.54) is 4.90 Å². The quantitative estimate of drug-likeness (QED) is 0.470. The van der Waals surface area contributed by atoms with Crippen LogP contribution in [-0.2, 0) is 10.2 Å². The van der Waals surface area contributed by atoms with Gasteiger partial charge in [-0.25, -0.2) is 4.79 Å². The van der Waals surface area contributed by atoms with Gasteiger partial charge in [-0.3, -0.25) is 9.59 Å². The second-order valence-electron chi connectivity index (χ2n) is 9.16. The molecule has 1 fully saturated rings. The van der Waals surface area contributed by atoms with Crippen molar-refractivity contribution >= 4 is 52.4 Å². The molecule has 2 aromatic rings. The van der Waals surface area contributed by atoms with E-state index in [2.05, 4.69) is 20.9 Å². The number of nitrogens with one attached hydrogen (secondary N) is 4. The maximum atomic E-state index is 13.6. The summed E-state index contributed by atoms with van der Waals surface area (Å²) in [6.07, 6.45) is 0.808. The maximum Gasteiger partial charge on any atom is 0.323 e. The fourth-order valence-electron chi connectivity index (χ4n) is 3.54. The number of aromatic amines is 1. The molecule has 0 bridgehead atoms. The summed E-state index contributed by atoms with van der Waals surface area (Å²) < 4.78 is 0. The molecule has 10 heteroatoms. The van der Waals surface area contributed by atoms with Gasteiger partial charge < -0.3 is 25.8 Å². The van der Waals surface area contributed by atoms with E-state index in [4.69, 9.17) is 23.2 Å². The number of hydrogen-bond donors (Lipinski definition) is 4. The number of benzene rings is 1. The lowest BCUT2D eigenvalue weighted by Gasteiger charge is -2.41. The highest BCUT2D eigenvalue weighted by molar-refractivity contribution is 6.44. The molecule has 0 atom stereocenters. The lowest BCUT2D eigenvalue weighted by Crippen LogP contribution is -2.63. The first kappa shape index (κ1) is 24.9. The van der Waals surface area contributed by atoms with Crippen LogP contribution >= 0.6 is 23.2 Å². The molecule has 0 spiro atoms. The summed E-state index contributed by atoms with van der Waals surface area (Å²) in [7, 11) is 0. The van der Waals surface area contributed by atoms with E-state index in [1.807, 2.05) is 20.8 Å². The Balaban J connectivity index is 1.95. The third-order valence-electron chi connectivity index (χ3n) is 6.19. The Bertz CT molecular complexity index is 1090. The molecule has 33 heavy (non-hydrogen) atoms. The Hall–Kier alpha value is -2.71. The van der Waals surface area contributed by atoms with Crippen molar-refractivity contribution in [1.82, 2.24) is 15.2 Å². The molecule has 1 saturated heterocycles. The van der Waals surface area contributed by atoms with Crippen LogP contribution in [0.1, 0.15) is 57.2 Å². The van der Waals surface area contributed by atoms with E-state index < -0.39 is 11.6 Å². The van der Waals surface area contributed by atoms with Gasteiger partial charge in [-0.05, 0) is 38.5 Å². The fourth-order valence-corrected chi connectivity index (χ4v) is 3.89. The smallest absolute Gasteiger partial charge is 0.323 e. The van der Waals surface area contributed by atoms with Crippen molar-refractivity contribution in [2.45, 2.75) is 52.0 Å². The molecule has 0 radical (unpaired) electrons. The molecule has 1 aliphatic rings. The number of urea groups is 1. The van der Waals surface area contributed by atoms with Gasteiger partial charge >= 0.3 is 6.03 Å². The zero-order chi connectivity index (χ0) is 24.6. The van der Waals surface area contributed by atoms with Crippen molar-refractivity contribution in [2.24, 2.45) is 0 Å². The van der Waals surface area contributed by atoms with Crippen LogP contribution in [0.15, 0.2) is 24.3 Å². The SMILES string of the molecule is CCC(C)(C)c1cc(NC(=O)Nc2cccc(Cl)c2Cl)c(C(=O)N2CCNC(=O)C2(C)C)[nH]1. The molecular weight excluding hydrogens is 465 g/mol. The van der Waals surface area contributed by atoms with Gasteiger partial charge in [0, 0.05) is 24.2 Å². The second kappa shape index (κ2) is 9.27. The number of rotatable bonds is 5. The van der Waals surface area contributed by atoms with Crippen LogP contribution in [0.3, 0.4) is 0 Å². The minimum atomic E-state index is -1.03. The van der Waals surface area contributed by atoms with Gasteiger partial charge in [0.15, 0.2) is 0 Å². The molecule has 1 aliphatic heterocycles. The second-order valence-corrected chi connectivity index (χ2v) is 9.95. The van der Waals surface area contributed by atoms with E-state index in [1.54, 1.807) is 38.1 Å². The third-order valence-corrected chi connectivity index (χ3v) is 7.01. The van der Waals surface area contributed by atoms with Crippen LogP contribution < -0.4 is 16.0 Å². The van der Waals surface area contributed by atoms with E-state index in [0.29, 0.717) is 29.5 Å². The van der Waals surface area contributed by atoms with Crippen LogP contribution in [0.5, 0.6) is 0 Å². The van der Waals surface area contributed by atoms with Gasteiger partial charge in [0.05, 0.1) is 21.4 Å². The predicted molar refractivity (Wildman–Crippen MR) is 131 cm³/mol. The predicted octanol–water partition coefficient (Wildman–Crippen LogP) is 5.00. The maximum absolute atomic E-state index is 13.6. The van der Waals surface area contributed by atoms with Crippen LogP contribution in [0.4, 0.5) is 16.2 Å². The normalized spacial score (nSPS) is 15.7. The number of piperazine rings is 1. The molecule has 178 valence electrons. The molecule has 0 saturated carbocycles. The number of nitrogens with zero attached hydrogens (tertiary/aromatic N) is 1. The topological polar surface area (TPSA) is 106 Å². The molecular formula is C23H29Cl2N5O3. The zero-order valence-electron chi connectivity index (χ0n) is 19.4. The van der Waals surface area contributed by atoms with Crippen LogP contribution in [0, 0.1) is 0 Å². The van der Waals surface area contributed by atoms with Gasteiger partial charge in [0.1, 0.15) is 11.2 Å². The summed E-state index contributed by atoms with van der Waals surface area (Å²) in [5.74, 6) is -0.602. The number of aromatic nitrogens is 1. The molecule has 8 nitrogen and oxygen atoms in total. The van der Waals surface area contributed by atoms with E-state index in [0.717, 1.165) is 12.1 Å². The molecule has 1 aromatic carbocycles. The lowest BCUT2D eigenvalue weighted by atomic mass is 9.87. The summed E-state index contributed by atoms with van der Waals surface area (Å²) in [4.78, 5) is 43.4. The molecule has 3 rings (SSSR count). The number of halogens is 2. The van der Waals surface area contributed by atoms with Gasteiger partial charge in [-0.2, -0.15) is 0 Å².